The van der Waals surface area contributed by atoms with Crippen molar-refractivity contribution in [1.29, 1.82) is 0 Å². The second-order valence-electron chi connectivity index (χ2n) is 4.78. The van der Waals surface area contributed by atoms with Gasteiger partial charge in [0.15, 0.2) is 0 Å². The van der Waals surface area contributed by atoms with Crippen LogP contribution in [0.2, 0.25) is 5.02 Å². The van der Waals surface area contributed by atoms with Crippen LogP contribution in [0.15, 0.2) is 18.2 Å². The summed E-state index contributed by atoms with van der Waals surface area (Å²) in [7, 11) is 0. The van der Waals surface area contributed by atoms with Crippen LogP contribution in [-0.4, -0.2) is 28.6 Å². The fraction of sp³-hybridized carbons (Fsp3) is 0.500. The van der Waals surface area contributed by atoms with Crippen LogP contribution in [0.25, 0.3) is 0 Å². The Morgan fingerprint density at radius 3 is 2.84 bits per heavy atom. The van der Waals surface area contributed by atoms with Crippen molar-refractivity contribution in [3.05, 3.63) is 28.8 Å². The zero-order valence-electron chi connectivity index (χ0n) is 10.9. The maximum atomic E-state index is 11.3. The Labute approximate surface area is 122 Å². The van der Waals surface area contributed by atoms with Crippen molar-refractivity contribution < 1.29 is 9.90 Å². The number of carboxylic acids is 1. The number of halogens is 1. The Hall–Kier alpha value is -0.870. The Balaban J connectivity index is 2.22. The van der Waals surface area contributed by atoms with E-state index in [-0.39, 0.29) is 10.6 Å². The van der Waals surface area contributed by atoms with Gasteiger partial charge < -0.3 is 10.4 Å². The molecule has 5 heteroatoms. The molecule has 19 heavy (non-hydrogen) atoms. The summed E-state index contributed by atoms with van der Waals surface area (Å²) in [5.41, 5.74) is 0.806. The lowest BCUT2D eigenvalue weighted by molar-refractivity contribution is 0.0698. The molecule has 0 aromatic heterocycles. The van der Waals surface area contributed by atoms with Gasteiger partial charge in [0.1, 0.15) is 5.56 Å². The molecule has 1 aromatic rings. The molecule has 0 bridgehead atoms. The summed E-state index contributed by atoms with van der Waals surface area (Å²) in [6.07, 6.45) is 6.82. The topological polar surface area (TPSA) is 49.3 Å². The van der Waals surface area contributed by atoms with Gasteiger partial charge in [0.25, 0.3) is 0 Å². The predicted octanol–water partition coefficient (Wildman–Crippen LogP) is 4.12. The van der Waals surface area contributed by atoms with Crippen LogP contribution in [0.3, 0.4) is 0 Å². The number of anilines is 1. The van der Waals surface area contributed by atoms with E-state index in [9.17, 15) is 9.90 Å². The molecule has 1 aromatic carbocycles. The van der Waals surface area contributed by atoms with E-state index in [4.69, 9.17) is 11.6 Å². The summed E-state index contributed by atoms with van der Waals surface area (Å²) in [6.45, 7) is 0. The molecule has 2 atom stereocenters. The van der Waals surface area contributed by atoms with E-state index in [2.05, 4.69) is 11.6 Å². The van der Waals surface area contributed by atoms with Gasteiger partial charge in [0.2, 0.25) is 0 Å². The van der Waals surface area contributed by atoms with Gasteiger partial charge in [-0.3, -0.25) is 0 Å². The average Bonchev–Trinajstić information content (AvgIpc) is 2.39. The Bertz CT molecular complexity index is 467. The monoisotopic (exact) mass is 299 g/mol. The molecule has 104 valence electrons. The van der Waals surface area contributed by atoms with Gasteiger partial charge in [-0.15, -0.1) is 0 Å². The maximum Gasteiger partial charge on any atom is 0.339 e. The lowest BCUT2D eigenvalue weighted by atomic mass is 9.94. The van der Waals surface area contributed by atoms with Crippen molar-refractivity contribution in [3.63, 3.8) is 0 Å². The molecule has 3 nitrogen and oxygen atoms in total. The predicted molar refractivity (Wildman–Crippen MR) is 81.6 cm³/mol. The Kier molecular flexibility index (Phi) is 4.99. The standard InChI is InChI=1S/C14H18ClNO2S/c1-19-12-8-3-2-6-10(12)16-11-7-4-5-9(15)13(11)14(17)18/h4-5,7,10,12,16H,2-3,6,8H2,1H3,(H,17,18). The molecule has 0 amide bonds. The highest BCUT2D eigenvalue weighted by molar-refractivity contribution is 7.99. The van der Waals surface area contributed by atoms with Crippen LogP contribution in [0, 0.1) is 0 Å². The van der Waals surface area contributed by atoms with E-state index in [1.807, 2.05) is 11.8 Å². The lowest BCUT2D eigenvalue weighted by Gasteiger charge is -2.32. The van der Waals surface area contributed by atoms with Crippen LogP contribution < -0.4 is 5.32 Å². The number of carboxylic acid groups (broad SMARTS) is 1. The van der Waals surface area contributed by atoms with E-state index < -0.39 is 5.97 Å². The largest absolute Gasteiger partial charge is 0.478 e. The number of benzene rings is 1. The summed E-state index contributed by atoms with van der Waals surface area (Å²) in [5, 5.41) is 13.5. The van der Waals surface area contributed by atoms with Crippen molar-refractivity contribution in [2.24, 2.45) is 0 Å². The molecule has 1 fully saturated rings. The van der Waals surface area contributed by atoms with Gasteiger partial charge >= 0.3 is 5.97 Å². The SMILES string of the molecule is CSC1CCCCC1Nc1cccc(Cl)c1C(=O)O. The smallest absolute Gasteiger partial charge is 0.339 e. The van der Waals surface area contributed by atoms with E-state index >= 15 is 0 Å². The molecule has 1 aliphatic carbocycles. The van der Waals surface area contributed by atoms with Crippen molar-refractivity contribution in [2.45, 2.75) is 37.0 Å². The maximum absolute atomic E-state index is 11.3. The summed E-state index contributed by atoms with van der Waals surface area (Å²) in [5.74, 6) is -0.982. The zero-order chi connectivity index (χ0) is 13.8. The normalized spacial score (nSPS) is 23.1. The number of thioether (sulfide) groups is 1. The second kappa shape index (κ2) is 6.53. The van der Waals surface area contributed by atoms with E-state index in [1.54, 1.807) is 18.2 Å². The molecular formula is C14H18ClNO2S. The van der Waals surface area contributed by atoms with E-state index in [0.717, 1.165) is 6.42 Å². The van der Waals surface area contributed by atoms with Gasteiger partial charge in [-0.1, -0.05) is 30.5 Å². The summed E-state index contributed by atoms with van der Waals surface area (Å²) < 4.78 is 0. The molecule has 2 unspecified atom stereocenters. The molecule has 2 rings (SSSR count). The van der Waals surface area contributed by atoms with Crippen LogP contribution in [0.5, 0.6) is 0 Å². The Morgan fingerprint density at radius 2 is 2.16 bits per heavy atom. The number of hydrogen-bond acceptors (Lipinski definition) is 3. The van der Waals surface area contributed by atoms with Gasteiger partial charge in [0, 0.05) is 11.3 Å². The molecule has 0 heterocycles. The quantitative estimate of drug-likeness (QED) is 0.878. The second-order valence-corrected chi connectivity index (χ2v) is 6.26. The number of rotatable bonds is 4. The van der Waals surface area contributed by atoms with Crippen LogP contribution >= 0.6 is 23.4 Å². The van der Waals surface area contributed by atoms with Gasteiger partial charge in [-0.05, 0) is 31.2 Å². The van der Waals surface area contributed by atoms with Crippen molar-refractivity contribution in [3.8, 4) is 0 Å². The summed E-state index contributed by atoms with van der Waals surface area (Å²) in [6, 6.07) is 5.51. The highest BCUT2D eigenvalue weighted by atomic mass is 35.5. The molecule has 0 aliphatic heterocycles. The van der Waals surface area contributed by atoms with Gasteiger partial charge in [0.05, 0.1) is 10.7 Å². The number of carbonyl (C=O) groups is 1. The average molecular weight is 300 g/mol. The summed E-state index contributed by atoms with van der Waals surface area (Å²) >= 11 is 7.83. The first-order valence-corrected chi connectivity index (χ1v) is 8.11. The van der Waals surface area contributed by atoms with E-state index in [0.29, 0.717) is 17.0 Å². The fourth-order valence-corrected chi connectivity index (χ4v) is 3.80. The van der Waals surface area contributed by atoms with Crippen LogP contribution in [0.1, 0.15) is 36.0 Å². The molecule has 0 radical (unpaired) electrons. The van der Waals surface area contributed by atoms with Gasteiger partial charge in [-0.25, -0.2) is 4.79 Å². The third-order valence-corrected chi connectivity index (χ3v) is 5.06. The third kappa shape index (κ3) is 3.37. The molecule has 1 saturated carbocycles. The minimum Gasteiger partial charge on any atom is -0.478 e. The molecule has 1 aliphatic rings. The number of hydrogen-bond donors (Lipinski definition) is 2. The van der Waals surface area contributed by atoms with Crippen LogP contribution in [-0.2, 0) is 0 Å². The highest BCUT2D eigenvalue weighted by Gasteiger charge is 2.26. The van der Waals surface area contributed by atoms with Crippen molar-refractivity contribution in [1.82, 2.24) is 0 Å². The van der Waals surface area contributed by atoms with Crippen LogP contribution in [0.4, 0.5) is 5.69 Å². The minimum absolute atomic E-state index is 0.176. The summed E-state index contributed by atoms with van der Waals surface area (Å²) in [4.78, 5) is 11.3. The first-order chi connectivity index (χ1) is 9.13. The van der Waals surface area contributed by atoms with Crippen molar-refractivity contribution in [2.75, 3.05) is 11.6 Å². The molecule has 2 N–H and O–H groups in total. The minimum atomic E-state index is -0.982. The third-order valence-electron chi connectivity index (χ3n) is 3.57. The fourth-order valence-electron chi connectivity index (χ4n) is 2.61. The van der Waals surface area contributed by atoms with Gasteiger partial charge in [-0.2, -0.15) is 11.8 Å². The first kappa shape index (κ1) is 14.5. The first-order valence-electron chi connectivity index (χ1n) is 6.44. The molecule has 0 saturated heterocycles. The number of aromatic carboxylic acids is 1. The lowest BCUT2D eigenvalue weighted by Crippen LogP contribution is -2.34. The molecule has 0 spiro atoms. The van der Waals surface area contributed by atoms with E-state index in [1.165, 1.54) is 19.3 Å². The Morgan fingerprint density at radius 1 is 1.42 bits per heavy atom. The highest BCUT2D eigenvalue weighted by Crippen LogP contribution is 2.32. The van der Waals surface area contributed by atoms with Crippen molar-refractivity contribution >= 4 is 35.0 Å². The zero-order valence-corrected chi connectivity index (χ0v) is 12.4. The molecular weight excluding hydrogens is 282 g/mol. The number of nitrogens with one attached hydrogen (secondary N) is 1.